The fraction of sp³-hybridized carbons (Fsp3) is 0.300. The van der Waals surface area contributed by atoms with Crippen LogP contribution in [-0.2, 0) is 6.42 Å². The molecule has 78 valence electrons. The van der Waals surface area contributed by atoms with E-state index in [9.17, 15) is 14.9 Å². The number of aryl methyl sites for hydroxylation is 1. The van der Waals surface area contributed by atoms with E-state index in [0.29, 0.717) is 17.7 Å². The number of nitrogens with one attached hydrogen (secondary N) is 1. The number of amides is 1. The Kier molecular flexibility index (Phi) is 2.15. The molecule has 1 amide bonds. The van der Waals surface area contributed by atoms with Gasteiger partial charge in [-0.05, 0) is 25.0 Å². The summed E-state index contributed by atoms with van der Waals surface area (Å²) in [5.41, 5.74) is 1.93. The van der Waals surface area contributed by atoms with Crippen LogP contribution in [0.1, 0.15) is 21.5 Å². The number of carbonyl (C=O) groups is 1. The van der Waals surface area contributed by atoms with E-state index in [0.717, 1.165) is 12.0 Å². The number of nitrogens with zero attached hydrogens (tertiary/aromatic N) is 1. The first-order chi connectivity index (χ1) is 7.09. The molecular formula is C10H10N2O3. The van der Waals surface area contributed by atoms with Crippen molar-refractivity contribution in [3.8, 4) is 0 Å². The van der Waals surface area contributed by atoms with Gasteiger partial charge in [-0.15, -0.1) is 0 Å². The molecule has 1 aliphatic rings. The smallest absolute Gasteiger partial charge is 0.273 e. The van der Waals surface area contributed by atoms with Gasteiger partial charge in [0.05, 0.1) is 4.92 Å². The molecule has 5 nitrogen and oxygen atoms in total. The molecule has 0 saturated carbocycles. The Balaban J connectivity index is 2.60. The van der Waals surface area contributed by atoms with Crippen molar-refractivity contribution in [3.05, 3.63) is 38.9 Å². The summed E-state index contributed by atoms with van der Waals surface area (Å²) in [6.07, 6.45) is 0.736. The molecule has 1 aromatic carbocycles. The average Bonchev–Trinajstić information content (AvgIpc) is 2.16. The summed E-state index contributed by atoms with van der Waals surface area (Å²) in [6.45, 7) is 2.29. The number of rotatable bonds is 1. The fourth-order valence-electron chi connectivity index (χ4n) is 1.78. The quantitative estimate of drug-likeness (QED) is 0.554. The van der Waals surface area contributed by atoms with E-state index in [4.69, 9.17) is 0 Å². The van der Waals surface area contributed by atoms with Crippen LogP contribution in [-0.4, -0.2) is 17.4 Å². The standard InChI is InChI=1S/C10H10N2O3/c1-6-4-7-2-3-11-10(13)8(7)5-9(6)12(14)15/h4-5H,2-3H2,1H3,(H,11,13). The number of carbonyl (C=O) groups excluding carboxylic acids is 1. The second-order valence-electron chi connectivity index (χ2n) is 3.56. The molecule has 15 heavy (non-hydrogen) atoms. The van der Waals surface area contributed by atoms with E-state index in [1.165, 1.54) is 6.07 Å². The van der Waals surface area contributed by atoms with Crippen molar-refractivity contribution in [2.45, 2.75) is 13.3 Å². The average molecular weight is 206 g/mol. The van der Waals surface area contributed by atoms with Gasteiger partial charge in [-0.3, -0.25) is 14.9 Å². The Morgan fingerprint density at radius 2 is 2.20 bits per heavy atom. The maximum atomic E-state index is 11.4. The van der Waals surface area contributed by atoms with Gasteiger partial charge in [-0.25, -0.2) is 0 Å². The van der Waals surface area contributed by atoms with Crippen LogP contribution in [0.4, 0.5) is 5.69 Å². The summed E-state index contributed by atoms with van der Waals surface area (Å²) in [7, 11) is 0. The van der Waals surface area contributed by atoms with Crippen molar-refractivity contribution in [1.29, 1.82) is 0 Å². The van der Waals surface area contributed by atoms with Crippen LogP contribution >= 0.6 is 0 Å². The molecule has 0 aliphatic carbocycles. The minimum atomic E-state index is -0.461. The van der Waals surface area contributed by atoms with Crippen molar-refractivity contribution in [2.24, 2.45) is 0 Å². The highest BCUT2D eigenvalue weighted by molar-refractivity contribution is 5.97. The van der Waals surface area contributed by atoms with Crippen LogP contribution in [0.2, 0.25) is 0 Å². The molecule has 2 rings (SSSR count). The lowest BCUT2D eigenvalue weighted by Crippen LogP contribution is -2.31. The Morgan fingerprint density at radius 1 is 1.47 bits per heavy atom. The van der Waals surface area contributed by atoms with Crippen molar-refractivity contribution < 1.29 is 9.72 Å². The van der Waals surface area contributed by atoms with Gasteiger partial charge in [0.25, 0.3) is 11.6 Å². The summed E-state index contributed by atoms with van der Waals surface area (Å²) in [5.74, 6) is -0.223. The maximum Gasteiger partial charge on any atom is 0.273 e. The summed E-state index contributed by atoms with van der Waals surface area (Å²) < 4.78 is 0. The largest absolute Gasteiger partial charge is 0.352 e. The van der Waals surface area contributed by atoms with E-state index in [2.05, 4.69) is 5.32 Å². The zero-order valence-electron chi connectivity index (χ0n) is 8.24. The Labute approximate surface area is 86.2 Å². The highest BCUT2D eigenvalue weighted by Crippen LogP contribution is 2.24. The van der Waals surface area contributed by atoms with Crippen molar-refractivity contribution in [2.75, 3.05) is 6.54 Å². The van der Waals surface area contributed by atoms with Gasteiger partial charge >= 0.3 is 0 Å². The maximum absolute atomic E-state index is 11.4. The van der Waals surface area contributed by atoms with Crippen molar-refractivity contribution in [1.82, 2.24) is 5.32 Å². The normalized spacial score (nSPS) is 14.3. The predicted octanol–water partition coefficient (Wildman–Crippen LogP) is 1.19. The molecule has 0 fully saturated rings. The van der Waals surface area contributed by atoms with Crippen LogP contribution in [0.5, 0.6) is 0 Å². The Hall–Kier alpha value is -1.91. The lowest BCUT2D eigenvalue weighted by atomic mass is 9.97. The van der Waals surface area contributed by atoms with Crippen LogP contribution in [0.25, 0.3) is 0 Å². The lowest BCUT2D eigenvalue weighted by Gasteiger charge is -2.16. The molecular weight excluding hydrogens is 196 g/mol. The summed E-state index contributed by atoms with van der Waals surface area (Å²) in [4.78, 5) is 21.7. The third-order valence-corrected chi connectivity index (χ3v) is 2.54. The molecule has 0 radical (unpaired) electrons. The molecule has 1 heterocycles. The molecule has 1 N–H and O–H groups in total. The second kappa shape index (κ2) is 3.34. The van der Waals surface area contributed by atoms with Crippen molar-refractivity contribution >= 4 is 11.6 Å². The van der Waals surface area contributed by atoms with E-state index in [1.54, 1.807) is 13.0 Å². The molecule has 0 aromatic heterocycles. The molecule has 0 bridgehead atoms. The molecule has 0 saturated heterocycles. The highest BCUT2D eigenvalue weighted by atomic mass is 16.6. The van der Waals surface area contributed by atoms with Crippen LogP contribution in [0.3, 0.4) is 0 Å². The van der Waals surface area contributed by atoms with Crippen LogP contribution < -0.4 is 5.32 Å². The summed E-state index contributed by atoms with van der Waals surface area (Å²) >= 11 is 0. The number of hydrogen-bond donors (Lipinski definition) is 1. The molecule has 0 spiro atoms. The number of nitro benzene ring substituents is 1. The fourth-order valence-corrected chi connectivity index (χ4v) is 1.78. The van der Waals surface area contributed by atoms with Gasteiger partial charge < -0.3 is 5.32 Å². The number of nitro groups is 1. The predicted molar refractivity (Wildman–Crippen MR) is 53.9 cm³/mol. The zero-order valence-corrected chi connectivity index (χ0v) is 8.24. The zero-order chi connectivity index (χ0) is 11.0. The van der Waals surface area contributed by atoms with E-state index in [-0.39, 0.29) is 11.6 Å². The first-order valence-corrected chi connectivity index (χ1v) is 4.65. The van der Waals surface area contributed by atoms with Gasteiger partial charge in [0.2, 0.25) is 0 Å². The highest BCUT2D eigenvalue weighted by Gasteiger charge is 2.22. The van der Waals surface area contributed by atoms with E-state index in [1.807, 2.05) is 0 Å². The topological polar surface area (TPSA) is 72.2 Å². The minimum absolute atomic E-state index is 0.00537. The molecule has 5 heteroatoms. The van der Waals surface area contributed by atoms with Gasteiger partial charge in [0.1, 0.15) is 0 Å². The third kappa shape index (κ3) is 1.56. The number of benzene rings is 1. The first kappa shape index (κ1) is 9.64. The molecule has 0 atom stereocenters. The first-order valence-electron chi connectivity index (χ1n) is 4.65. The second-order valence-corrected chi connectivity index (χ2v) is 3.56. The summed E-state index contributed by atoms with van der Waals surface area (Å²) in [6, 6.07) is 3.09. The lowest BCUT2D eigenvalue weighted by molar-refractivity contribution is -0.385. The number of hydrogen-bond acceptors (Lipinski definition) is 3. The van der Waals surface area contributed by atoms with Crippen LogP contribution in [0, 0.1) is 17.0 Å². The monoisotopic (exact) mass is 206 g/mol. The third-order valence-electron chi connectivity index (χ3n) is 2.54. The molecule has 1 aliphatic heterocycles. The van der Waals surface area contributed by atoms with Gasteiger partial charge in [0, 0.05) is 23.7 Å². The summed E-state index contributed by atoms with van der Waals surface area (Å²) in [5, 5.41) is 13.4. The van der Waals surface area contributed by atoms with Gasteiger partial charge in [-0.1, -0.05) is 0 Å². The Morgan fingerprint density at radius 3 is 2.87 bits per heavy atom. The van der Waals surface area contributed by atoms with Gasteiger partial charge in [-0.2, -0.15) is 0 Å². The van der Waals surface area contributed by atoms with Crippen LogP contribution in [0.15, 0.2) is 12.1 Å². The van der Waals surface area contributed by atoms with Crippen molar-refractivity contribution in [3.63, 3.8) is 0 Å². The SMILES string of the molecule is Cc1cc2c(cc1[N+](=O)[O-])C(=O)NCC2. The van der Waals surface area contributed by atoms with E-state index < -0.39 is 4.92 Å². The Bertz CT molecular complexity index is 454. The molecule has 1 aromatic rings. The molecule has 0 unspecified atom stereocenters. The minimum Gasteiger partial charge on any atom is -0.352 e. The van der Waals surface area contributed by atoms with E-state index >= 15 is 0 Å². The van der Waals surface area contributed by atoms with Gasteiger partial charge in [0.15, 0.2) is 0 Å². The number of fused-ring (bicyclic) bond motifs is 1.